The van der Waals surface area contributed by atoms with Crippen LogP contribution < -0.4 is 5.32 Å². The highest BCUT2D eigenvalue weighted by molar-refractivity contribution is 5.91. The van der Waals surface area contributed by atoms with E-state index in [-0.39, 0.29) is 17.8 Å². The zero-order valence-corrected chi connectivity index (χ0v) is 11.5. The van der Waals surface area contributed by atoms with Crippen molar-refractivity contribution in [2.45, 2.75) is 38.1 Å². The van der Waals surface area contributed by atoms with Crippen LogP contribution >= 0.6 is 0 Å². The van der Waals surface area contributed by atoms with Crippen LogP contribution in [0.3, 0.4) is 0 Å². The Kier molecular flexibility index (Phi) is 3.55. The van der Waals surface area contributed by atoms with Gasteiger partial charge >= 0.3 is 6.03 Å². The number of non-ortho nitro benzene ring substituents is 1. The second-order valence-electron chi connectivity index (χ2n) is 5.34. The molecule has 1 aromatic heterocycles. The molecule has 0 radical (unpaired) electrons. The van der Waals surface area contributed by atoms with Crippen molar-refractivity contribution >= 4 is 22.6 Å². The number of fused-ring (bicyclic) bond motifs is 1. The summed E-state index contributed by atoms with van der Waals surface area (Å²) in [5.41, 5.74) is 0.409. The van der Waals surface area contributed by atoms with E-state index in [0.29, 0.717) is 10.9 Å². The van der Waals surface area contributed by atoms with E-state index in [1.807, 2.05) is 0 Å². The molecule has 0 spiro atoms. The van der Waals surface area contributed by atoms with Gasteiger partial charge in [0.2, 0.25) is 0 Å². The maximum atomic E-state index is 12.3. The first-order valence-electron chi connectivity index (χ1n) is 7.08. The Morgan fingerprint density at radius 3 is 2.81 bits per heavy atom. The van der Waals surface area contributed by atoms with Crippen molar-refractivity contribution in [1.29, 1.82) is 0 Å². The van der Waals surface area contributed by atoms with Crippen molar-refractivity contribution < 1.29 is 9.72 Å². The molecule has 0 aliphatic heterocycles. The number of amides is 1. The van der Waals surface area contributed by atoms with Gasteiger partial charge < -0.3 is 5.32 Å². The zero-order chi connectivity index (χ0) is 14.8. The maximum absolute atomic E-state index is 12.3. The van der Waals surface area contributed by atoms with Gasteiger partial charge in [0.15, 0.2) is 0 Å². The topological polar surface area (TPSA) is 90.1 Å². The van der Waals surface area contributed by atoms with Gasteiger partial charge in [-0.25, -0.2) is 4.79 Å². The Labute approximate surface area is 121 Å². The van der Waals surface area contributed by atoms with Crippen molar-refractivity contribution in [3.05, 3.63) is 34.5 Å². The molecule has 1 N–H and O–H groups in total. The molecule has 3 rings (SSSR count). The number of benzene rings is 1. The van der Waals surface area contributed by atoms with Crippen molar-refractivity contribution in [2.24, 2.45) is 0 Å². The highest BCUT2D eigenvalue weighted by atomic mass is 16.6. The van der Waals surface area contributed by atoms with Crippen molar-refractivity contribution in [3.63, 3.8) is 0 Å². The molecule has 7 heteroatoms. The van der Waals surface area contributed by atoms with Crippen LogP contribution in [-0.4, -0.2) is 26.8 Å². The summed E-state index contributed by atoms with van der Waals surface area (Å²) in [7, 11) is 0. The highest BCUT2D eigenvalue weighted by Crippen LogP contribution is 2.21. The van der Waals surface area contributed by atoms with Crippen LogP contribution in [0.1, 0.15) is 32.1 Å². The minimum Gasteiger partial charge on any atom is -0.333 e. The standard InChI is InChI=1S/C14H16N4O3/c19-14(16-11-4-2-1-3-5-11)17-13-8-12(18(20)21)7-6-10(13)9-15-17/h6-9,11H,1-5H2,(H,16,19). The van der Waals surface area contributed by atoms with Crippen molar-refractivity contribution in [2.75, 3.05) is 0 Å². The number of nitrogens with one attached hydrogen (secondary N) is 1. The molecule has 2 aromatic rings. The molecule has 1 aromatic carbocycles. The quantitative estimate of drug-likeness (QED) is 0.679. The Morgan fingerprint density at radius 2 is 2.10 bits per heavy atom. The first kappa shape index (κ1) is 13.5. The number of hydrogen-bond donors (Lipinski definition) is 1. The minimum absolute atomic E-state index is 0.0466. The van der Waals surface area contributed by atoms with Gasteiger partial charge in [0, 0.05) is 23.6 Å². The summed E-state index contributed by atoms with van der Waals surface area (Å²) >= 11 is 0. The number of nitro groups is 1. The molecule has 0 saturated heterocycles. The van der Waals surface area contributed by atoms with E-state index in [9.17, 15) is 14.9 Å². The third-order valence-corrected chi connectivity index (χ3v) is 3.89. The summed E-state index contributed by atoms with van der Waals surface area (Å²) < 4.78 is 1.21. The lowest BCUT2D eigenvalue weighted by molar-refractivity contribution is -0.384. The van der Waals surface area contributed by atoms with Crippen LogP contribution in [0.4, 0.5) is 10.5 Å². The van der Waals surface area contributed by atoms with Gasteiger partial charge in [-0.1, -0.05) is 19.3 Å². The van der Waals surface area contributed by atoms with E-state index in [4.69, 9.17) is 0 Å². The monoisotopic (exact) mass is 288 g/mol. The van der Waals surface area contributed by atoms with Gasteiger partial charge in [-0.15, -0.1) is 0 Å². The average molecular weight is 288 g/mol. The van der Waals surface area contributed by atoms with Crippen molar-refractivity contribution in [1.82, 2.24) is 15.1 Å². The third-order valence-electron chi connectivity index (χ3n) is 3.89. The van der Waals surface area contributed by atoms with Gasteiger partial charge in [-0.05, 0) is 18.9 Å². The fourth-order valence-corrected chi connectivity index (χ4v) is 2.76. The Bertz CT molecular complexity index is 689. The van der Waals surface area contributed by atoms with Crippen LogP contribution in [0.15, 0.2) is 24.4 Å². The molecule has 1 heterocycles. The van der Waals surface area contributed by atoms with Gasteiger partial charge in [0.25, 0.3) is 5.69 Å². The lowest BCUT2D eigenvalue weighted by atomic mass is 9.96. The van der Waals surface area contributed by atoms with Crippen LogP contribution in [0.2, 0.25) is 0 Å². The highest BCUT2D eigenvalue weighted by Gasteiger charge is 2.19. The SMILES string of the molecule is O=C(NC1CCCCC1)n1ncc2ccc([N+](=O)[O-])cc21. The third kappa shape index (κ3) is 2.72. The predicted octanol–water partition coefficient (Wildman–Crippen LogP) is 2.83. The number of rotatable bonds is 2. The van der Waals surface area contributed by atoms with Crippen LogP contribution in [0, 0.1) is 10.1 Å². The lowest BCUT2D eigenvalue weighted by Crippen LogP contribution is -2.39. The summed E-state index contributed by atoms with van der Waals surface area (Å²) in [6.45, 7) is 0. The van der Waals surface area contributed by atoms with E-state index < -0.39 is 4.92 Å². The Balaban J connectivity index is 1.86. The summed E-state index contributed by atoms with van der Waals surface area (Å²) in [6.07, 6.45) is 6.95. The summed E-state index contributed by atoms with van der Waals surface area (Å²) in [5, 5.41) is 18.5. The maximum Gasteiger partial charge on any atom is 0.342 e. The molecule has 1 fully saturated rings. The fourth-order valence-electron chi connectivity index (χ4n) is 2.76. The number of nitrogens with zero attached hydrogens (tertiary/aromatic N) is 3. The number of carbonyl (C=O) groups excluding carboxylic acids is 1. The molecule has 7 nitrogen and oxygen atoms in total. The van der Waals surface area contributed by atoms with E-state index >= 15 is 0 Å². The predicted molar refractivity (Wildman–Crippen MR) is 77.2 cm³/mol. The molecular weight excluding hydrogens is 272 g/mol. The average Bonchev–Trinajstić information content (AvgIpc) is 2.91. The van der Waals surface area contributed by atoms with Gasteiger partial charge in [0.1, 0.15) is 0 Å². The molecule has 1 saturated carbocycles. The Hall–Kier alpha value is -2.44. The van der Waals surface area contributed by atoms with E-state index in [2.05, 4.69) is 10.4 Å². The molecule has 110 valence electrons. The second-order valence-corrected chi connectivity index (χ2v) is 5.34. The zero-order valence-electron chi connectivity index (χ0n) is 11.5. The van der Waals surface area contributed by atoms with Crippen LogP contribution in [0.5, 0.6) is 0 Å². The summed E-state index contributed by atoms with van der Waals surface area (Å²) in [5.74, 6) is 0. The smallest absolute Gasteiger partial charge is 0.333 e. The normalized spacial score (nSPS) is 16.0. The van der Waals surface area contributed by atoms with Crippen LogP contribution in [-0.2, 0) is 0 Å². The first-order valence-corrected chi connectivity index (χ1v) is 7.08. The first-order chi connectivity index (χ1) is 10.1. The van der Waals surface area contributed by atoms with Gasteiger partial charge in [-0.3, -0.25) is 10.1 Å². The van der Waals surface area contributed by atoms with Gasteiger partial charge in [0.05, 0.1) is 16.6 Å². The molecule has 1 amide bonds. The lowest BCUT2D eigenvalue weighted by Gasteiger charge is -2.22. The molecule has 1 aliphatic carbocycles. The summed E-state index contributed by atoms with van der Waals surface area (Å²) in [4.78, 5) is 22.7. The number of nitro benzene ring substituents is 1. The largest absolute Gasteiger partial charge is 0.342 e. The number of aromatic nitrogens is 2. The van der Waals surface area contributed by atoms with E-state index in [1.54, 1.807) is 12.3 Å². The van der Waals surface area contributed by atoms with Gasteiger partial charge in [-0.2, -0.15) is 9.78 Å². The number of carbonyl (C=O) groups is 1. The molecular formula is C14H16N4O3. The van der Waals surface area contributed by atoms with Crippen molar-refractivity contribution in [3.8, 4) is 0 Å². The number of hydrogen-bond acceptors (Lipinski definition) is 4. The molecule has 0 bridgehead atoms. The molecule has 0 unspecified atom stereocenters. The molecule has 21 heavy (non-hydrogen) atoms. The Morgan fingerprint density at radius 1 is 1.33 bits per heavy atom. The fraction of sp³-hybridized carbons (Fsp3) is 0.429. The van der Waals surface area contributed by atoms with E-state index in [1.165, 1.54) is 23.2 Å². The molecule has 1 aliphatic rings. The van der Waals surface area contributed by atoms with Crippen LogP contribution in [0.25, 0.3) is 10.9 Å². The minimum atomic E-state index is -0.476. The second kappa shape index (κ2) is 5.51. The van der Waals surface area contributed by atoms with E-state index in [0.717, 1.165) is 25.7 Å². The molecule has 0 atom stereocenters. The summed E-state index contributed by atoms with van der Waals surface area (Å²) in [6, 6.07) is 4.24.